The number of nitrogens with one attached hydrogen (secondary N) is 2. The number of anilines is 1. The Morgan fingerprint density at radius 2 is 1.88 bits per heavy atom. The summed E-state index contributed by atoms with van der Waals surface area (Å²) in [5.41, 5.74) is 1.17. The number of para-hydroxylation sites is 1. The molecule has 0 radical (unpaired) electrons. The number of thiophene rings is 1. The molecule has 1 aromatic heterocycles. The molecule has 0 bridgehead atoms. The molecule has 0 saturated carbocycles. The number of benzene rings is 1. The van der Waals surface area contributed by atoms with E-state index < -0.39 is 0 Å². The lowest BCUT2D eigenvalue weighted by atomic mass is 10.3. The van der Waals surface area contributed by atoms with E-state index in [9.17, 15) is 0 Å². The van der Waals surface area contributed by atoms with E-state index in [1.165, 1.54) is 15.0 Å². The summed E-state index contributed by atoms with van der Waals surface area (Å²) in [5, 5.41) is 8.89. The van der Waals surface area contributed by atoms with Crippen molar-refractivity contribution in [1.29, 1.82) is 0 Å². The van der Waals surface area contributed by atoms with Crippen molar-refractivity contribution in [3.05, 3.63) is 51.1 Å². The van der Waals surface area contributed by atoms with Crippen LogP contribution in [0.3, 0.4) is 0 Å². The van der Waals surface area contributed by atoms with Crippen molar-refractivity contribution >= 4 is 33.0 Å². The third kappa shape index (κ3) is 4.15. The molecule has 2 N–H and O–H groups in total. The third-order valence-electron chi connectivity index (χ3n) is 2.38. The van der Waals surface area contributed by atoms with Gasteiger partial charge in [-0.25, -0.2) is 0 Å². The van der Waals surface area contributed by atoms with Crippen LogP contribution in [0.25, 0.3) is 0 Å². The summed E-state index contributed by atoms with van der Waals surface area (Å²) in [7, 11) is 0. The molecule has 0 amide bonds. The van der Waals surface area contributed by atoms with Gasteiger partial charge < -0.3 is 10.6 Å². The van der Waals surface area contributed by atoms with Crippen LogP contribution in [0.1, 0.15) is 4.88 Å². The monoisotopic (exact) mass is 310 g/mol. The molecule has 0 aliphatic rings. The van der Waals surface area contributed by atoms with Gasteiger partial charge in [0.1, 0.15) is 0 Å². The highest BCUT2D eigenvalue weighted by Crippen LogP contribution is 2.21. The number of hydrogen-bond acceptors (Lipinski definition) is 3. The van der Waals surface area contributed by atoms with Gasteiger partial charge in [-0.3, -0.25) is 0 Å². The zero-order chi connectivity index (χ0) is 11.9. The summed E-state index contributed by atoms with van der Waals surface area (Å²) in [6.45, 7) is 2.82. The fourth-order valence-corrected chi connectivity index (χ4v) is 2.97. The molecule has 2 rings (SSSR count). The van der Waals surface area contributed by atoms with Gasteiger partial charge in [-0.1, -0.05) is 18.2 Å². The van der Waals surface area contributed by atoms with Crippen molar-refractivity contribution < 1.29 is 0 Å². The van der Waals surface area contributed by atoms with Crippen molar-refractivity contribution in [2.75, 3.05) is 18.4 Å². The lowest BCUT2D eigenvalue weighted by Crippen LogP contribution is -2.21. The SMILES string of the molecule is Brc1ccsc1CNCCNc1ccccc1. The van der Waals surface area contributed by atoms with Crippen LogP contribution in [0.5, 0.6) is 0 Å². The molecular formula is C13H15BrN2S. The van der Waals surface area contributed by atoms with E-state index in [-0.39, 0.29) is 0 Å². The second-order valence-electron chi connectivity index (χ2n) is 3.66. The molecule has 0 aliphatic heterocycles. The van der Waals surface area contributed by atoms with Crippen molar-refractivity contribution in [1.82, 2.24) is 5.32 Å². The maximum absolute atomic E-state index is 3.53. The van der Waals surface area contributed by atoms with Gasteiger partial charge in [-0.15, -0.1) is 11.3 Å². The van der Waals surface area contributed by atoms with Gasteiger partial charge in [0.05, 0.1) is 0 Å². The highest BCUT2D eigenvalue weighted by atomic mass is 79.9. The van der Waals surface area contributed by atoms with E-state index in [2.05, 4.69) is 50.1 Å². The first-order chi connectivity index (χ1) is 8.36. The molecule has 0 spiro atoms. The molecule has 2 nitrogen and oxygen atoms in total. The summed E-state index contributed by atoms with van der Waals surface area (Å²) >= 11 is 5.30. The molecule has 17 heavy (non-hydrogen) atoms. The molecule has 0 atom stereocenters. The van der Waals surface area contributed by atoms with Gasteiger partial charge in [0.2, 0.25) is 0 Å². The Hall–Kier alpha value is -0.840. The Kier molecular flexibility index (Phi) is 5.04. The lowest BCUT2D eigenvalue weighted by Gasteiger charge is -2.07. The molecule has 0 saturated heterocycles. The average molecular weight is 311 g/mol. The summed E-state index contributed by atoms with van der Waals surface area (Å²) in [6.07, 6.45) is 0. The van der Waals surface area contributed by atoms with Gasteiger partial charge in [0.25, 0.3) is 0 Å². The first kappa shape index (κ1) is 12.6. The summed E-state index contributed by atoms with van der Waals surface area (Å²) in [6, 6.07) is 12.4. The van der Waals surface area contributed by atoms with Crippen molar-refractivity contribution in [2.24, 2.45) is 0 Å². The standard InChI is InChI=1S/C13H15BrN2S/c14-12-6-9-17-13(12)10-15-7-8-16-11-4-2-1-3-5-11/h1-6,9,15-16H,7-8,10H2. The molecule has 0 fully saturated rings. The van der Waals surface area contributed by atoms with Crippen LogP contribution in [0.4, 0.5) is 5.69 Å². The Bertz CT molecular complexity index is 442. The fourth-order valence-electron chi connectivity index (χ4n) is 1.50. The minimum absolute atomic E-state index is 0.925. The van der Waals surface area contributed by atoms with Crippen molar-refractivity contribution in [3.8, 4) is 0 Å². The van der Waals surface area contributed by atoms with Crippen LogP contribution >= 0.6 is 27.3 Å². The van der Waals surface area contributed by atoms with Crippen LogP contribution < -0.4 is 10.6 Å². The molecule has 0 aliphatic carbocycles. The maximum atomic E-state index is 3.53. The second-order valence-corrected chi connectivity index (χ2v) is 5.52. The summed E-state index contributed by atoms with van der Waals surface area (Å²) < 4.78 is 1.20. The van der Waals surface area contributed by atoms with E-state index in [1.54, 1.807) is 11.3 Å². The Labute approximate surface area is 114 Å². The van der Waals surface area contributed by atoms with Gasteiger partial charge in [0.15, 0.2) is 0 Å². The van der Waals surface area contributed by atoms with Gasteiger partial charge >= 0.3 is 0 Å². The highest BCUT2D eigenvalue weighted by molar-refractivity contribution is 9.10. The van der Waals surface area contributed by atoms with E-state index in [0.717, 1.165) is 19.6 Å². The van der Waals surface area contributed by atoms with E-state index >= 15 is 0 Å². The minimum Gasteiger partial charge on any atom is -0.384 e. The Morgan fingerprint density at radius 3 is 2.59 bits per heavy atom. The normalized spacial score (nSPS) is 10.4. The van der Waals surface area contributed by atoms with Crippen molar-refractivity contribution in [2.45, 2.75) is 6.54 Å². The zero-order valence-corrected chi connectivity index (χ0v) is 11.9. The quantitative estimate of drug-likeness (QED) is 0.795. The van der Waals surface area contributed by atoms with E-state index in [1.807, 2.05) is 18.2 Å². The number of hydrogen-bond donors (Lipinski definition) is 2. The molecule has 90 valence electrons. The molecule has 2 aromatic rings. The van der Waals surface area contributed by atoms with Crippen LogP contribution in [0.15, 0.2) is 46.3 Å². The van der Waals surface area contributed by atoms with Crippen LogP contribution in [0.2, 0.25) is 0 Å². The first-order valence-electron chi connectivity index (χ1n) is 5.58. The van der Waals surface area contributed by atoms with E-state index in [4.69, 9.17) is 0 Å². The third-order valence-corrected chi connectivity index (χ3v) is 4.31. The average Bonchev–Trinajstić information content (AvgIpc) is 2.76. The largest absolute Gasteiger partial charge is 0.384 e. The zero-order valence-electron chi connectivity index (χ0n) is 9.45. The van der Waals surface area contributed by atoms with Gasteiger partial charge in [-0.2, -0.15) is 0 Å². The smallest absolute Gasteiger partial charge is 0.0340 e. The maximum Gasteiger partial charge on any atom is 0.0340 e. The van der Waals surface area contributed by atoms with Crippen LogP contribution in [0, 0.1) is 0 Å². The Morgan fingerprint density at radius 1 is 1.06 bits per heavy atom. The number of rotatable bonds is 6. The topological polar surface area (TPSA) is 24.1 Å². The lowest BCUT2D eigenvalue weighted by molar-refractivity contribution is 0.713. The predicted molar refractivity (Wildman–Crippen MR) is 78.7 cm³/mol. The molecule has 1 aromatic carbocycles. The molecular weight excluding hydrogens is 296 g/mol. The van der Waals surface area contributed by atoms with Gasteiger partial charge in [-0.05, 0) is 39.5 Å². The highest BCUT2D eigenvalue weighted by Gasteiger charge is 1.99. The predicted octanol–water partition coefficient (Wildman–Crippen LogP) is 3.71. The first-order valence-corrected chi connectivity index (χ1v) is 7.25. The van der Waals surface area contributed by atoms with Crippen LogP contribution in [-0.2, 0) is 6.54 Å². The van der Waals surface area contributed by atoms with Crippen molar-refractivity contribution in [3.63, 3.8) is 0 Å². The number of halogens is 1. The fraction of sp³-hybridized carbons (Fsp3) is 0.231. The molecule has 1 heterocycles. The Balaban J connectivity index is 1.63. The van der Waals surface area contributed by atoms with Crippen LogP contribution in [-0.4, -0.2) is 13.1 Å². The van der Waals surface area contributed by atoms with E-state index in [0.29, 0.717) is 0 Å². The minimum atomic E-state index is 0.925. The molecule has 0 unspecified atom stereocenters. The summed E-state index contributed by atoms with van der Waals surface area (Å²) in [5.74, 6) is 0. The second kappa shape index (κ2) is 6.79. The summed E-state index contributed by atoms with van der Waals surface area (Å²) in [4.78, 5) is 1.35. The van der Waals surface area contributed by atoms with Gasteiger partial charge in [0, 0.05) is 34.7 Å². The molecule has 4 heteroatoms.